The number of amides is 1. The van der Waals surface area contributed by atoms with Crippen molar-refractivity contribution in [2.24, 2.45) is 0 Å². The third kappa shape index (κ3) is 5.79. The van der Waals surface area contributed by atoms with E-state index in [1.54, 1.807) is 19.1 Å². The Balaban J connectivity index is 2.30. The lowest BCUT2D eigenvalue weighted by Crippen LogP contribution is -2.41. The second kappa shape index (κ2) is 10.2. The van der Waals surface area contributed by atoms with E-state index < -0.39 is 10.0 Å². The van der Waals surface area contributed by atoms with Gasteiger partial charge in [-0.25, -0.2) is 8.42 Å². The molecule has 0 bridgehead atoms. The van der Waals surface area contributed by atoms with E-state index in [2.05, 4.69) is 5.32 Å². The van der Waals surface area contributed by atoms with Gasteiger partial charge in [0.15, 0.2) is 0 Å². The summed E-state index contributed by atoms with van der Waals surface area (Å²) < 4.78 is 37.8. The van der Waals surface area contributed by atoms with Crippen molar-refractivity contribution in [3.63, 3.8) is 0 Å². The SMILES string of the molecule is COCCNC(=O)CN(Cc1ccccc1)S(=O)(=O)c1ccc(OC)c(C)c1. The van der Waals surface area contributed by atoms with Crippen LogP contribution in [0.25, 0.3) is 0 Å². The van der Waals surface area contributed by atoms with Crippen LogP contribution in [0, 0.1) is 6.92 Å². The van der Waals surface area contributed by atoms with Crippen molar-refractivity contribution in [1.29, 1.82) is 0 Å². The highest BCUT2D eigenvalue weighted by Crippen LogP contribution is 2.24. The fraction of sp³-hybridized carbons (Fsp3) is 0.350. The van der Waals surface area contributed by atoms with Crippen molar-refractivity contribution in [2.45, 2.75) is 18.4 Å². The summed E-state index contributed by atoms with van der Waals surface area (Å²) in [5.74, 6) is 0.215. The van der Waals surface area contributed by atoms with Gasteiger partial charge >= 0.3 is 0 Å². The number of methoxy groups -OCH3 is 2. The first kappa shape index (κ1) is 21.9. The van der Waals surface area contributed by atoms with Gasteiger partial charge in [-0.1, -0.05) is 30.3 Å². The molecule has 1 amide bonds. The molecule has 0 aliphatic carbocycles. The average molecular weight is 407 g/mol. The van der Waals surface area contributed by atoms with Crippen molar-refractivity contribution in [1.82, 2.24) is 9.62 Å². The number of sulfonamides is 1. The maximum atomic E-state index is 13.2. The predicted octanol–water partition coefficient (Wildman–Crippen LogP) is 1.96. The molecular formula is C20H26N2O5S. The van der Waals surface area contributed by atoms with E-state index in [1.165, 1.54) is 24.6 Å². The van der Waals surface area contributed by atoms with Crippen LogP contribution in [0.5, 0.6) is 5.75 Å². The van der Waals surface area contributed by atoms with Gasteiger partial charge in [0.25, 0.3) is 0 Å². The zero-order valence-corrected chi connectivity index (χ0v) is 17.2. The number of carbonyl (C=O) groups excluding carboxylic acids is 1. The molecule has 2 aromatic carbocycles. The lowest BCUT2D eigenvalue weighted by molar-refractivity contribution is -0.121. The zero-order valence-electron chi connectivity index (χ0n) is 16.3. The number of nitrogens with one attached hydrogen (secondary N) is 1. The Morgan fingerprint density at radius 3 is 2.43 bits per heavy atom. The molecule has 2 rings (SSSR count). The van der Waals surface area contributed by atoms with Crippen LogP contribution >= 0.6 is 0 Å². The van der Waals surface area contributed by atoms with Gasteiger partial charge in [0.2, 0.25) is 15.9 Å². The van der Waals surface area contributed by atoms with Gasteiger partial charge < -0.3 is 14.8 Å². The van der Waals surface area contributed by atoms with Gasteiger partial charge in [-0.3, -0.25) is 4.79 Å². The van der Waals surface area contributed by atoms with E-state index in [0.717, 1.165) is 5.56 Å². The number of benzene rings is 2. The maximum absolute atomic E-state index is 13.2. The molecule has 8 heteroatoms. The minimum Gasteiger partial charge on any atom is -0.496 e. The van der Waals surface area contributed by atoms with Crippen LogP contribution in [0.3, 0.4) is 0 Å². The summed E-state index contributed by atoms with van der Waals surface area (Å²) in [6.07, 6.45) is 0. The van der Waals surface area contributed by atoms with E-state index in [1.807, 2.05) is 30.3 Å². The molecule has 2 aromatic rings. The van der Waals surface area contributed by atoms with E-state index >= 15 is 0 Å². The van der Waals surface area contributed by atoms with Gasteiger partial charge in [0, 0.05) is 20.2 Å². The normalized spacial score (nSPS) is 11.4. The van der Waals surface area contributed by atoms with E-state index in [9.17, 15) is 13.2 Å². The minimum absolute atomic E-state index is 0.0892. The monoisotopic (exact) mass is 406 g/mol. The third-order valence-corrected chi connectivity index (χ3v) is 5.94. The highest BCUT2D eigenvalue weighted by atomic mass is 32.2. The number of hydrogen-bond donors (Lipinski definition) is 1. The molecule has 28 heavy (non-hydrogen) atoms. The van der Waals surface area contributed by atoms with Crippen LogP contribution < -0.4 is 10.1 Å². The molecular weight excluding hydrogens is 380 g/mol. The topological polar surface area (TPSA) is 84.9 Å². The van der Waals surface area contributed by atoms with Crippen LogP contribution in [-0.2, 0) is 26.1 Å². The number of rotatable bonds is 10. The summed E-state index contributed by atoms with van der Waals surface area (Å²) in [4.78, 5) is 12.4. The van der Waals surface area contributed by atoms with Crippen LogP contribution in [0.4, 0.5) is 0 Å². The van der Waals surface area contributed by atoms with Crippen molar-refractivity contribution in [3.8, 4) is 5.75 Å². The summed E-state index contributed by atoms with van der Waals surface area (Å²) in [5, 5.41) is 2.66. The highest BCUT2D eigenvalue weighted by molar-refractivity contribution is 7.89. The number of hydrogen-bond acceptors (Lipinski definition) is 5. The average Bonchev–Trinajstić information content (AvgIpc) is 2.68. The van der Waals surface area contributed by atoms with Gasteiger partial charge in [-0.2, -0.15) is 4.31 Å². The molecule has 0 saturated carbocycles. The van der Waals surface area contributed by atoms with Crippen LogP contribution in [0.15, 0.2) is 53.4 Å². The van der Waals surface area contributed by atoms with Gasteiger partial charge in [0.05, 0.1) is 25.2 Å². The molecule has 0 radical (unpaired) electrons. The van der Waals surface area contributed by atoms with E-state index in [-0.39, 0.29) is 23.9 Å². The fourth-order valence-electron chi connectivity index (χ4n) is 2.68. The molecule has 1 N–H and O–H groups in total. The first-order chi connectivity index (χ1) is 13.4. The highest BCUT2D eigenvalue weighted by Gasteiger charge is 2.27. The smallest absolute Gasteiger partial charge is 0.243 e. The Bertz CT molecular complexity index is 885. The summed E-state index contributed by atoms with van der Waals surface area (Å²) in [7, 11) is -0.824. The van der Waals surface area contributed by atoms with Crippen molar-refractivity contribution < 1.29 is 22.7 Å². The second-order valence-electron chi connectivity index (χ2n) is 6.23. The van der Waals surface area contributed by atoms with Gasteiger partial charge in [0.1, 0.15) is 5.75 Å². The molecule has 0 heterocycles. The van der Waals surface area contributed by atoms with E-state index in [0.29, 0.717) is 24.5 Å². The third-order valence-electron chi connectivity index (χ3n) is 4.15. The Kier molecular flexibility index (Phi) is 7.98. The first-order valence-electron chi connectivity index (χ1n) is 8.83. The number of aryl methyl sites for hydroxylation is 1. The molecule has 0 aromatic heterocycles. The van der Waals surface area contributed by atoms with Crippen LogP contribution in [0.2, 0.25) is 0 Å². The quantitative estimate of drug-likeness (QED) is 0.610. The Morgan fingerprint density at radius 2 is 1.82 bits per heavy atom. The molecule has 152 valence electrons. The first-order valence-corrected chi connectivity index (χ1v) is 10.3. The Morgan fingerprint density at radius 1 is 1.11 bits per heavy atom. The summed E-state index contributed by atoms with van der Waals surface area (Å²) >= 11 is 0. The number of ether oxygens (including phenoxy) is 2. The molecule has 0 fully saturated rings. The molecule has 0 aliphatic heterocycles. The molecule has 0 spiro atoms. The second-order valence-corrected chi connectivity index (χ2v) is 8.17. The van der Waals surface area contributed by atoms with Crippen molar-refractivity contribution in [2.75, 3.05) is 33.9 Å². The predicted molar refractivity (Wildman–Crippen MR) is 107 cm³/mol. The number of carbonyl (C=O) groups is 1. The fourth-order valence-corrected chi connectivity index (χ4v) is 4.15. The molecule has 7 nitrogen and oxygen atoms in total. The van der Waals surface area contributed by atoms with Crippen LogP contribution in [0.1, 0.15) is 11.1 Å². The molecule has 0 saturated heterocycles. The zero-order chi connectivity index (χ0) is 20.6. The lowest BCUT2D eigenvalue weighted by atomic mass is 10.2. The molecule has 0 atom stereocenters. The standard InChI is InChI=1S/C20H26N2O5S/c1-16-13-18(9-10-19(16)27-3)28(24,25)22(14-17-7-5-4-6-8-17)15-20(23)21-11-12-26-2/h4-10,13H,11-12,14-15H2,1-3H3,(H,21,23). The number of nitrogens with zero attached hydrogens (tertiary/aromatic N) is 1. The lowest BCUT2D eigenvalue weighted by Gasteiger charge is -2.22. The summed E-state index contributed by atoms with van der Waals surface area (Å²) in [5.41, 5.74) is 1.49. The van der Waals surface area contributed by atoms with Crippen molar-refractivity contribution in [3.05, 3.63) is 59.7 Å². The minimum atomic E-state index is -3.89. The van der Waals surface area contributed by atoms with E-state index in [4.69, 9.17) is 9.47 Å². The largest absolute Gasteiger partial charge is 0.496 e. The maximum Gasteiger partial charge on any atom is 0.243 e. The van der Waals surface area contributed by atoms with Crippen LogP contribution in [-0.4, -0.2) is 52.5 Å². The Hall–Kier alpha value is -2.42. The van der Waals surface area contributed by atoms with Gasteiger partial charge in [-0.05, 0) is 36.2 Å². The summed E-state index contributed by atoms with van der Waals surface area (Å²) in [6, 6.07) is 13.8. The van der Waals surface area contributed by atoms with Gasteiger partial charge in [-0.15, -0.1) is 0 Å². The Labute approximate surface area is 166 Å². The molecule has 0 aliphatic rings. The van der Waals surface area contributed by atoms with Crippen molar-refractivity contribution >= 4 is 15.9 Å². The molecule has 0 unspecified atom stereocenters. The summed E-state index contributed by atoms with van der Waals surface area (Å²) in [6.45, 7) is 2.25.